The molecule has 1 heterocycles. The van der Waals surface area contributed by atoms with Crippen LogP contribution < -0.4 is 30.3 Å². The molecule has 0 spiro atoms. The molecule has 1 aromatic heterocycles. The largest absolute Gasteiger partial charge is 0.544 e. The lowest BCUT2D eigenvalue weighted by atomic mass is 10.1. The highest BCUT2D eigenvalue weighted by atomic mass is 35.5. The van der Waals surface area contributed by atoms with Crippen molar-refractivity contribution in [2.24, 2.45) is 0 Å². The third kappa shape index (κ3) is 17.8. The van der Waals surface area contributed by atoms with E-state index < -0.39 is 63.3 Å². The van der Waals surface area contributed by atoms with Crippen LogP contribution in [0.3, 0.4) is 0 Å². The molecule has 4 N–H and O–H groups in total. The number of rotatable bonds is 18. The normalized spacial score (nSPS) is 14.1. The number of aromatic nitrogens is 2. The number of nitrogens with zero attached hydrogens (tertiary/aromatic N) is 4. The summed E-state index contributed by atoms with van der Waals surface area (Å²) in [6.07, 6.45) is -0.837. The minimum Gasteiger partial charge on any atom is -0.544 e. The van der Waals surface area contributed by atoms with Crippen LogP contribution in [0, 0.1) is 27.0 Å². The van der Waals surface area contributed by atoms with Gasteiger partial charge in [0, 0.05) is 22.5 Å². The van der Waals surface area contributed by atoms with Crippen molar-refractivity contribution in [2.45, 2.75) is 208 Å². The first-order valence-electron chi connectivity index (χ1n) is 28.1. The van der Waals surface area contributed by atoms with Crippen LogP contribution in [0.4, 0.5) is 22.7 Å². The van der Waals surface area contributed by atoms with Gasteiger partial charge in [-0.15, -0.1) is 10.2 Å². The lowest BCUT2D eigenvalue weighted by Crippen LogP contribution is -2.55. The first-order chi connectivity index (χ1) is 37.9. The van der Waals surface area contributed by atoms with Crippen molar-refractivity contribution in [1.29, 1.82) is 0 Å². The fourth-order valence-corrected chi connectivity index (χ4v) is 12.7. The number of hydrogen-bond acceptors (Lipinski definition) is 11. The van der Waals surface area contributed by atoms with E-state index in [0.29, 0.717) is 55.8 Å². The highest BCUT2D eigenvalue weighted by molar-refractivity contribution is 6.75. The van der Waals surface area contributed by atoms with Gasteiger partial charge in [-0.1, -0.05) is 118 Å². The van der Waals surface area contributed by atoms with Crippen LogP contribution in [-0.4, -0.2) is 73.5 Å². The van der Waals surface area contributed by atoms with Gasteiger partial charge in [0.25, 0.3) is 11.8 Å². The van der Waals surface area contributed by atoms with Gasteiger partial charge >= 0.3 is 0 Å². The minimum atomic E-state index is -2.25. The maximum Gasteiger partial charge on any atom is 0.269 e. The van der Waals surface area contributed by atoms with Gasteiger partial charge in [0.15, 0.2) is 16.6 Å². The van der Waals surface area contributed by atoms with Gasteiger partial charge in [0.1, 0.15) is 23.6 Å². The number of carbonyl (C=O) groups is 2. The molecule has 4 aromatic carbocycles. The summed E-state index contributed by atoms with van der Waals surface area (Å²) >= 11 is 12.9. The van der Waals surface area contributed by atoms with Gasteiger partial charge in [-0.25, -0.2) is 9.69 Å². The van der Waals surface area contributed by atoms with Crippen molar-refractivity contribution in [2.75, 3.05) is 10.6 Å². The molecular formula is C62H92Cl2N8O7Si4. The molecule has 5 aromatic rings. The fraction of sp³-hybridized carbons (Fsp3) is 0.516. The number of carbonyl (C=O) groups excluding carboxylic acids is 2. The van der Waals surface area contributed by atoms with Gasteiger partial charge in [0.05, 0.1) is 35.4 Å². The van der Waals surface area contributed by atoms with Crippen LogP contribution in [-0.2, 0) is 13.6 Å². The number of amides is 2. The molecule has 0 bridgehead atoms. The molecule has 0 radical (unpaired) electrons. The molecule has 0 aliphatic carbocycles. The Balaban J connectivity index is 0.000000356. The number of nitrogens with one attached hydrogen (secondary N) is 4. The summed E-state index contributed by atoms with van der Waals surface area (Å²) in [4.78, 5) is 33.4. The molecular weight excluding hydrogens is 1150 g/mol. The summed E-state index contributed by atoms with van der Waals surface area (Å²) in [6.45, 7) is 65.9. The smallest absolute Gasteiger partial charge is 0.269 e. The molecule has 4 atom stereocenters. The van der Waals surface area contributed by atoms with Gasteiger partial charge in [-0.05, 0) is 172 Å². The molecule has 0 fully saturated rings. The second-order valence-electron chi connectivity index (χ2n) is 27.4. The maximum absolute atomic E-state index is 13.5. The average molecular weight is 1240 g/mol. The van der Waals surface area contributed by atoms with Gasteiger partial charge in [-0.3, -0.25) is 20.4 Å². The first-order valence-corrected chi connectivity index (χ1v) is 40.5. The van der Waals surface area contributed by atoms with E-state index in [1.54, 1.807) is 49.4 Å². The Kier molecular flexibility index (Phi) is 22.6. The second kappa shape index (κ2) is 26.8. The van der Waals surface area contributed by atoms with Crippen LogP contribution in [0.1, 0.15) is 130 Å². The quantitative estimate of drug-likeness (QED) is 0.0375. The second-order valence-corrected chi connectivity index (χ2v) is 47.2. The highest BCUT2D eigenvalue weighted by Crippen LogP contribution is 2.43. The molecule has 0 saturated heterocycles. The van der Waals surface area contributed by atoms with Crippen molar-refractivity contribution in [3.63, 3.8) is 0 Å². The van der Waals surface area contributed by atoms with Gasteiger partial charge in [-0.2, -0.15) is 0 Å². The van der Waals surface area contributed by atoms with E-state index in [2.05, 4.69) is 177 Å². The van der Waals surface area contributed by atoms with Crippen molar-refractivity contribution in [3.05, 3.63) is 128 Å². The topological polar surface area (TPSA) is 167 Å². The van der Waals surface area contributed by atoms with E-state index in [1.165, 1.54) is 0 Å². The van der Waals surface area contributed by atoms with Crippen molar-refractivity contribution in [1.82, 2.24) is 21.0 Å². The summed E-state index contributed by atoms with van der Waals surface area (Å²) in [5.74, 6) is 1.45. The Morgan fingerprint density at radius 2 is 0.952 bits per heavy atom. The van der Waals surface area contributed by atoms with Crippen molar-refractivity contribution in [3.8, 4) is 23.0 Å². The highest BCUT2D eigenvalue weighted by Gasteiger charge is 2.44. The number of halogens is 2. The summed E-state index contributed by atoms with van der Waals surface area (Å²) in [5.41, 5.74) is 9.84. The molecule has 5 rings (SSSR count). The lowest BCUT2D eigenvalue weighted by molar-refractivity contribution is -0.124. The summed E-state index contributed by atoms with van der Waals surface area (Å²) in [7, 11) is -8.33. The molecule has 0 saturated carbocycles. The Labute approximate surface area is 510 Å². The Morgan fingerprint density at radius 3 is 1.36 bits per heavy atom. The first kappa shape index (κ1) is 70.0. The van der Waals surface area contributed by atoms with Crippen LogP contribution in [0.5, 0.6) is 11.5 Å². The maximum atomic E-state index is 13.5. The van der Waals surface area contributed by atoms with Crippen molar-refractivity contribution < 1.29 is 31.7 Å². The molecule has 21 heteroatoms. The zero-order valence-corrected chi connectivity index (χ0v) is 59.2. The van der Waals surface area contributed by atoms with Crippen LogP contribution in [0.2, 0.25) is 82.6 Å². The van der Waals surface area contributed by atoms with E-state index in [1.807, 2.05) is 51.1 Å². The molecule has 0 unspecified atom stereocenters. The third-order valence-corrected chi connectivity index (χ3v) is 35.8. The van der Waals surface area contributed by atoms with E-state index in [9.17, 15) is 9.59 Å². The van der Waals surface area contributed by atoms with E-state index in [-0.39, 0.29) is 26.3 Å². The molecule has 2 amide bonds. The number of hydrogen-bond donors (Lipinski definition) is 4. The Morgan fingerprint density at radius 1 is 0.554 bits per heavy atom. The summed E-state index contributed by atoms with van der Waals surface area (Å²) in [6, 6.07) is 20.3. The SMILES string of the molecule is [C-]#[N+]c1ccc(N[C@@H](C(=O)NNC(=O)c2ccc(O[Si](C)(C)C(C)(C)C)cc2)[C@@H](C)O[Si](C)(C)C(C)(C)C)c(C)c1Cl.[C-]#[N+]c1ccc(N[C@@H](c2nnc(-c3ccc(O[Si](C)(C)C(C)(C)C)cc3)o2)[C@@H](C)O[Si](C)(C)C(C)(C)C)c(C)c1Cl. The molecule has 0 aliphatic heterocycles. The molecule has 0 aliphatic rings. The van der Waals surface area contributed by atoms with Crippen molar-refractivity contribution >= 4 is 91.0 Å². The van der Waals surface area contributed by atoms with E-state index in [4.69, 9.17) is 58.5 Å². The van der Waals surface area contributed by atoms with Gasteiger partial charge in [0.2, 0.25) is 39.8 Å². The number of benzene rings is 4. The lowest BCUT2D eigenvalue weighted by Gasteiger charge is -2.40. The fourth-order valence-electron chi connectivity index (χ4n) is 7.34. The molecule has 83 heavy (non-hydrogen) atoms. The predicted molar refractivity (Wildman–Crippen MR) is 352 cm³/mol. The van der Waals surface area contributed by atoms with Gasteiger partial charge < -0.3 is 32.8 Å². The standard InChI is InChI=1S/C31H47ClN4O4Si2.C31H45ClN4O3Si2/c1-20-24(18-19-25(33-9)26(20)32)34-27(21(2)39-41(10,11)30(3,4)5)29(38)36-35-28(37)22-14-16-23(17-15-22)40-42(12,13)31(6,7)8;1-20-24(18-19-25(33-9)26(20)32)34-27(21(2)38-40(10,11)30(3,4)5)29-36-35-28(37-29)22-14-16-23(17-15-22)39-41(12,13)31(6,7)8/h14-19,21,27,34H,1-8,10-13H3,(H,35,37)(H,36,38);14-19,21,27,34H,1-8,10-13H3/t2*21-,27-/m11/s1. The molecule has 15 nitrogen and oxygen atoms in total. The molecule has 452 valence electrons. The number of anilines is 2. The average Bonchev–Trinajstić information content (AvgIpc) is 4.14. The monoisotopic (exact) mass is 1240 g/mol. The van der Waals surface area contributed by atoms with Crippen LogP contribution >= 0.6 is 23.2 Å². The summed E-state index contributed by atoms with van der Waals surface area (Å²) in [5, 5.41) is 16.5. The zero-order chi connectivity index (χ0) is 63.2. The van der Waals surface area contributed by atoms with Crippen LogP contribution in [0.25, 0.3) is 21.1 Å². The Bertz CT molecular complexity index is 3150. The number of hydrazine groups is 1. The van der Waals surface area contributed by atoms with E-state index in [0.717, 1.165) is 22.6 Å². The minimum absolute atomic E-state index is 0.0244. The zero-order valence-electron chi connectivity index (χ0n) is 53.6. The van der Waals surface area contributed by atoms with Crippen LogP contribution in [0.15, 0.2) is 77.2 Å². The Hall–Kier alpha value is -5.49. The predicted octanol–water partition coefficient (Wildman–Crippen LogP) is 18.4. The van der Waals surface area contributed by atoms with E-state index >= 15 is 0 Å². The summed E-state index contributed by atoms with van der Waals surface area (Å²) < 4.78 is 32.3. The third-order valence-electron chi connectivity index (χ3n) is 17.0.